The summed E-state index contributed by atoms with van der Waals surface area (Å²) in [4.78, 5) is 16.7. The Balaban J connectivity index is 2.61. The van der Waals surface area contributed by atoms with Gasteiger partial charge in [0.2, 0.25) is 5.89 Å². The van der Waals surface area contributed by atoms with Gasteiger partial charge < -0.3 is 9.63 Å². The minimum atomic E-state index is -0.855. The lowest BCUT2D eigenvalue weighted by molar-refractivity contribution is -0.139. The van der Waals surface area contributed by atoms with E-state index in [0.29, 0.717) is 18.3 Å². The number of aryl methyl sites for hydroxylation is 1. The van der Waals surface area contributed by atoms with E-state index < -0.39 is 5.97 Å². The van der Waals surface area contributed by atoms with Crippen molar-refractivity contribution in [2.45, 2.75) is 46.2 Å². The molecule has 6 heteroatoms. The lowest BCUT2D eigenvalue weighted by Crippen LogP contribution is -2.35. The summed E-state index contributed by atoms with van der Waals surface area (Å²) in [5.41, 5.74) is 0. The zero-order valence-corrected chi connectivity index (χ0v) is 10.5. The maximum Gasteiger partial charge on any atom is 0.317 e. The molecule has 0 bridgehead atoms. The number of nitrogens with zero attached hydrogens (tertiary/aromatic N) is 3. The molecule has 0 aliphatic carbocycles. The van der Waals surface area contributed by atoms with Crippen LogP contribution in [-0.4, -0.2) is 38.7 Å². The first-order valence-corrected chi connectivity index (χ1v) is 5.80. The third kappa shape index (κ3) is 4.52. The Morgan fingerprint density at radius 2 is 2.24 bits per heavy atom. The van der Waals surface area contributed by atoms with Crippen LogP contribution in [0.3, 0.4) is 0 Å². The molecule has 96 valence electrons. The van der Waals surface area contributed by atoms with Gasteiger partial charge in [-0.3, -0.25) is 9.69 Å². The van der Waals surface area contributed by atoms with Gasteiger partial charge in [0.25, 0.3) is 0 Å². The Hall–Kier alpha value is -1.43. The summed E-state index contributed by atoms with van der Waals surface area (Å²) in [5.74, 6) is 0.303. The smallest absolute Gasteiger partial charge is 0.317 e. The number of hydrogen-bond donors (Lipinski definition) is 1. The monoisotopic (exact) mass is 241 g/mol. The fraction of sp³-hybridized carbons (Fsp3) is 0.727. The van der Waals surface area contributed by atoms with Gasteiger partial charge in [0, 0.05) is 12.5 Å². The normalized spacial score (nSPS) is 11.4. The first-order chi connectivity index (χ1) is 8.02. The molecule has 1 heterocycles. The molecule has 1 rings (SSSR count). The highest BCUT2D eigenvalue weighted by Crippen LogP contribution is 2.07. The van der Waals surface area contributed by atoms with Gasteiger partial charge in [0.1, 0.15) is 0 Å². The van der Waals surface area contributed by atoms with Crippen LogP contribution in [0.5, 0.6) is 0 Å². The quantitative estimate of drug-likeness (QED) is 0.775. The standard InChI is InChI=1S/C11H19N3O3/c1-4-5-9-12-10(17-13-9)6-14(8(2)3)7-11(15)16/h8H,4-7H2,1-3H3,(H,15,16). The minimum Gasteiger partial charge on any atom is -0.480 e. The van der Waals surface area contributed by atoms with E-state index in [9.17, 15) is 4.79 Å². The van der Waals surface area contributed by atoms with Gasteiger partial charge in [0.15, 0.2) is 5.82 Å². The highest BCUT2D eigenvalue weighted by Gasteiger charge is 2.17. The number of hydrogen-bond acceptors (Lipinski definition) is 5. The van der Waals surface area contributed by atoms with Gasteiger partial charge in [-0.25, -0.2) is 0 Å². The third-order valence-electron chi connectivity index (χ3n) is 2.39. The Bertz CT molecular complexity index is 363. The van der Waals surface area contributed by atoms with Crippen LogP contribution in [0.2, 0.25) is 0 Å². The second kappa shape index (κ2) is 6.34. The van der Waals surface area contributed by atoms with E-state index in [1.54, 1.807) is 4.90 Å². The van der Waals surface area contributed by atoms with E-state index in [1.807, 2.05) is 20.8 Å². The molecule has 0 saturated carbocycles. The molecular formula is C11H19N3O3. The van der Waals surface area contributed by atoms with E-state index in [0.717, 1.165) is 12.8 Å². The third-order valence-corrected chi connectivity index (χ3v) is 2.39. The lowest BCUT2D eigenvalue weighted by atomic mass is 10.3. The molecule has 0 aliphatic rings. The number of carboxylic acid groups (broad SMARTS) is 1. The summed E-state index contributed by atoms with van der Waals surface area (Å²) in [5, 5.41) is 12.6. The summed E-state index contributed by atoms with van der Waals surface area (Å²) >= 11 is 0. The number of aromatic nitrogens is 2. The van der Waals surface area contributed by atoms with Crippen molar-refractivity contribution in [2.75, 3.05) is 6.54 Å². The molecule has 1 N–H and O–H groups in total. The Morgan fingerprint density at radius 3 is 2.76 bits per heavy atom. The highest BCUT2D eigenvalue weighted by atomic mass is 16.5. The summed E-state index contributed by atoms with van der Waals surface area (Å²) < 4.78 is 5.08. The molecule has 0 saturated heterocycles. The first-order valence-electron chi connectivity index (χ1n) is 5.80. The van der Waals surface area contributed by atoms with Gasteiger partial charge in [0.05, 0.1) is 13.1 Å². The fourth-order valence-corrected chi connectivity index (χ4v) is 1.45. The fourth-order valence-electron chi connectivity index (χ4n) is 1.45. The van der Waals surface area contributed by atoms with Crippen molar-refractivity contribution in [3.8, 4) is 0 Å². The maximum atomic E-state index is 10.7. The summed E-state index contributed by atoms with van der Waals surface area (Å²) in [7, 11) is 0. The second-order valence-corrected chi connectivity index (χ2v) is 4.25. The molecular weight excluding hydrogens is 222 g/mol. The molecule has 0 unspecified atom stereocenters. The molecule has 1 aromatic rings. The number of rotatable bonds is 7. The van der Waals surface area contributed by atoms with E-state index in [-0.39, 0.29) is 12.6 Å². The van der Waals surface area contributed by atoms with Crippen molar-refractivity contribution in [3.05, 3.63) is 11.7 Å². The molecule has 0 spiro atoms. The number of carboxylic acids is 1. The van der Waals surface area contributed by atoms with E-state index in [4.69, 9.17) is 9.63 Å². The molecule has 0 aliphatic heterocycles. The lowest BCUT2D eigenvalue weighted by Gasteiger charge is -2.22. The molecule has 6 nitrogen and oxygen atoms in total. The average molecular weight is 241 g/mol. The van der Waals surface area contributed by atoms with E-state index >= 15 is 0 Å². The van der Waals surface area contributed by atoms with Crippen LogP contribution >= 0.6 is 0 Å². The number of carbonyl (C=O) groups is 1. The van der Waals surface area contributed by atoms with E-state index in [2.05, 4.69) is 10.1 Å². The molecule has 1 aromatic heterocycles. The van der Waals surface area contributed by atoms with Crippen LogP contribution in [0.4, 0.5) is 0 Å². The van der Waals surface area contributed by atoms with Crippen LogP contribution in [-0.2, 0) is 17.8 Å². The summed E-state index contributed by atoms with van der Waals surface area (Å²) in [6.45, 7) is 6.27. The second-order valence-electron chi connectivity index (χ2n) is 4.25. The van der Waals surface area contributed by atoms with Gasteiger partial charge in [-0.1, -0.05) is 12.1 Å². The van der Waals surface area contributed by atoms with Crippen LogP contribution in [0.25, 0.3) is 0 Å². The topological polar surface area (TPSA) is 79.5 Å². The van der Waals surface area contributed by atoms with Crippen molar-refractivity contribution < 1.29 is 14.4 Å². The van der Waals surface area contributed by atoms with Crippen LogP contribution in [0, 0.1) is 0 Å². The zero-order valence-electron chi connectivity index (χ0n) is 10.5. The van der Waals surface area contributed by atoms with E-state index in [1.165, 1.54) is 0 Å². The molecule has 0 amide bonds. The van der Waals surface area contributed by atoms with Gasteiger partial charge >= 0.3 is 5.97 Å². The van der Waals surface area contributed by atoms with Crippen molar-refractivity contribution in [1.82, 2.24) is 15.0 Å². The summed E-state index contributed by atoms with van der Waals surface area (Å²) in [6, 6.07) is 0.118. The van der Waals surface area contributed by atoms with Crippen molar-refractivity contribution in [3.63, 3.8) is 0 Å². The van der Waals surface area contributed by atoms with Crippen LogP contribution < -0.4 is 0 Å². The molecule has 17 heavy (non-hydrogen) atoms. The average Bonchev–Trinajstić information content (AvgIpc) is 2.64. The first kappa shape index (κ1) is 13.6. The zero-order chi connectivity index (χ0) is 12.8. The predicted octanol–water partition coefficient (Wildman–Crippen LogP) is 1.32. The van der Waals surface area contributed by atoms with Gasteiger partial charge in [-0.15, -0.1) is 0 Å². The van der Waals surface area contributed by atoms with Gasteiger partial charge in [-0.2, -0.15) is 4.98 Å². The molecule has 0 radical (unpaired) electrons. The van der Waals surface area contributed by atoms with Crippen LogP contribution in [0.1, 0.15) is 38.9 Å². The van der Waals surface area contributed by atoms with Crippen LogP contribution in [0.15, 0.2) is 4.52 Å². The Labute approximate surface area is 101 Å². The Morgan fingerprint density at radius 1 is 1.53 bits per heavy atom. The molecule has 0 aromatic carbocycles. The SMILES string of the molecule is CCCc1noc(CN(CC(=O)O)C(C)C)n1. The molecule has 0 fully saturated rings. The van der Waals surface area contributed by atoms with Crippen molar-refractivity contribution >= 4 is 5.97 Å². The van der Waals surface area contributed by atoms with Crippen molar-refractivity contribution in [2.24, 2.45) is 0 Å². The Kier molecular flexibility index (Phi) is 5.09. The summed E-state index contributed by atoms with van der Waals surface area (Å²) in [6.07, 6.45) is 1.74. The minimum absolute atomic E-state index is 0.0246. The maximum absolute atomic E-state index is 10.7. The molecule has 0 atom stereocenters. The van der Waals surface area contributed by atoms with Crippen molar-refractivity contribution in [1.29, 1.82) is 0 Å². The largest absolute Gasteiger partial charge is 0.480 e. The number of aliphatic carboxylic acids is 1. The van der Waals surface area contributed by atoms with Gasteiger partial charge in [-0.05, 0) is 20.3 Å². The predicted molar refractivity (Wildman–Crippen MR) is 61.5 cm³/mol. The highest BCUT2D eigenvalue weighted by molar-refractivity contribution is 5.69.